The smallest absolute Gasteiger partial charge is 0.258 e. The fourth-order valence-corrected chi connectivity index (χ4v) is 3.52. The van der Waals surface area contributed by atoms with Gasteiger partial charge in [0.1, 0.15) is 11.6 Å². The molecule has 1 atom stereocenters. The standard InChI is InChI=1S/C23H27FN4O2/c1-16(21-26-20-12-5-4-11-19(20)22(29)27-21)28(14-7-3-2-6-13-25)23(30)17-9-8-10-18(24)15-17/h4-5,8-12,15-16H,2-3,6-7,13-14,25H2,1H3,(H,26,27,29)/p+1/t16-/m1/s1. The van der Waals surface area contributed by atoms with Crippen molar-refractivity contribution in [2.45, 2.75) is 38.6 Å². The number of amides is 1. The van der Waals surface area contributed by atoms with Gasteiger partial charge in [-0.3, -0.25) is 9.59 Å². The van der Waals surface area contributed by atoms with Crippen molar-refractivity contribution in [3.05, 3.63) is 76.1 Å². The topological polar surface area (TPSA) is 93.7 Å². The molecule has 0 aliphatic heterocycles. The summed E-state index contributed by atoms with van der Waals surface area (Å²) >= 11 is 0. The number of nitrogens with zero attached hydrogens (tertiary/aromatic N) is 2. The van der Waals surface area contributed by atoms with Gasteiger partial charge in [-0.25, -0.2) is 9.37 Å². The van der Waals surface area contributed by atoms with E-state index in [4.69, 9.17) is 0 Å². The van der Waals surface area contributed by atoms with Crippen molar-refractivity contribution in [3.8, 4) is 0 Å². The summed E-state index contributed by atoms with van der Waals surface area (Å²) in [4.78, 5) is 34.7. The highest BCUT2D eigenvalue weighted by molar-refractivity contribution is 5.94. The Morgan fingerprint density at radius 2 is 1.90 bits per heavy atom. The molecule has 0 fully saturated rings. The Balaban J connectivity index is 1.90. The number of halogens is 1. The minimum absolute atomic E-state index is 0.240. The van der Waals surface area contributed by atoms with Crippen molar-refractivity contribution in [3.63, 3.8) is 0 Å². The third-order valence-corrected chi connectivity index (χ3v) is 5.23. The summed E-state index contributed by atoms with van der Waals surface area (Å²) in [5, 5.41) is 0.504. The van der Waals surface area contributed by atoms with Gasteiger partial charge in [0.15, 0.2) is 0 Å². The van der Waals surface area contributed by atoms with E-state index in [0.29, 0.717) is 23.3 Å². The van der Waals surface area contributed by atoms with Crippen LogP contribution in [-0.2, 0) is 0 Å². The molecule has 2 aromatic carbocycles. The second-order valence-corrected chi connectivity index (χ2v) is 7.42. The highest BCUT2D eigenvalue weighted by Crippen LogP contribution is 2.22. The van der Waals surface area contributed by atoms with Crippen molar-refractivity contribution in [1.29, 1.82) is 0 Å². The maximum absolute atomic E-state index is 13.7. The number of aromatic amines is 1. The average Bonchev–Trinajstić information content (AvgIpc) is 2.75. The first kappa shape index (κ1) is 21.6. The molecule has 3 rings (SSSR count). The monoisotopic (exact) mass is 411 g/mol. The van der Waals surface area contributed by atoms with Crippen LogP contribution in [0.25, 0.3) is 10.9 Å². The molecule has 0 bridgehead atoms. The molecular weight excluding hydrogens is 383 g/mol. The van der Waals surface area contributed by atoms with Crippen LogP contribution in [0.5, 0.6) is 0 Å². The maximum atomic E-state index is 13.7. The summed E-state index contributed by atoms with van der Waals surface area (Å²) in [7, 11) is 0. The van der Waals surface area contributed by atoms with Gasteiger partial charge in [0, 0.05) is 12.1 Å². The normalized spacial score (nSPS) is 12.1. The highest BCUT2D eigenvalue weighted by atomic mass is 19.1. The number of para-hydroxylation sites is 1. The number of fused-ring (bicyclic) bond motifs is 1. The minimum atomic E-state index is -0.467. The minimum Gasteiger partial charge on any atom is -0.358 e. The van der Waals surface area contributed by atoms with Gasteiger partial charge < -0.3 is 15.6 Å². The molecule has 4 N–H and O–H groups in total. The number of rotatable bonds is 9. The number of unbranched alkanes of at least 4 members (excludes halogenated alkanes) is 3. The lowest BCUT2D eigenvalue weighted by Crippen LogP contribution is -2.50. The largest absolute Gasteiger partial charge is 0.358 e. The molecule has 158 valence electrons. The summed E-state index contributed by atoms with van der Waals surface area (Å²) in [6, 6.07) is 12.3. The molecule has 7 heteroatoms. The van der Waals surface area contributed by atoms with Crippen LogP contribution in [0.15, 0.2) is 53.3 Å². The Morgan fingerprint density at radius 3 is 2.67 bits per heavy atom. The Bertz CT molecular complexity index is 1070. The molecule has 1 heterocycles. The van der Waals surface area contributed by atoms with E-state index >= 15 is 0 Å². The highest BCUT2D eigenvalue weighted by Gasteiger charge is 2.25. The zero-order valence-electron chi connectivity index (χ0n) is 17.2. The quantitative estimate of drug-likeness (QED) is 0.530. The SMILES string of the molecule is C[C@H](c1nc2ccccc2c(=O)[nH]1)N(CCCCCC[NH3+])C(=O)c1cccc(F)c1. The predicted molar refractivity (Wildman–Crippen MR) is 114 cm³/mol. The van der Waals surface area contributed by atoms with Crippen LogP contribution in [0.4, 0.5) is 4.39 Å². The van der Waals surface area contributed by atoms with E-state index in [2.05, 4.69) is 15.7 Å². The number of quaternary nitrogens is 1. The summed E-state index contributed by atoms with van der Waals surface area (Å²) in [5.74, 6) is -0.322. The number of hydrogen-bond acceptors (Lipinski definition) is 3. The summed E-state index contributed by atoms with van der Waals surface area (Å²) in [6.45, 7) is 3.22. The third-order valence-electron chi connectivity index (χ3n) is 5.23. The van der Waals surface area contributed by atoms with Gasteiger partial charge in [0.2, 0.25) is 0 Å². The van der Waals surface area contributed by atoms with E-state index < -0.39 is 11.9 Å². The van der Waals surface area contributed by atoms with Crippen molar-refractivity contribution < 1.29 is 14.9 Å². The molecule has 3 aromatic rings. The molecule has 30 heavy (non-hydrogen) atoms. The van der Waals surface area contributed by atoms with Crippen LogP contribution in [0.3, 0.4) is 0 Å². The van der Waals surface area contributed by atoms with Crippen LogP contribution >= 0.6 is 0 Å². The number of H-pyrrole nitrogens is 1. The second-order valence-electron chi connectivity index (χ2n) is 7.42. The fraction of sp³-hybridized carbons (Fsp3) is 0.348. The van der Waals surface area contributed by atoms with Crippen molar-refractivity contribution in [2.75, 3.05) is 13.1 Å². The number of carbonyl (C=O) groups is 1. The zero-order chi connectivity index (χ0) is 21.5. The van der Waals surface area contributed by atoms with Crippen LogP contribution in [0, 0.1) is 5.82 Å². The molecule has 0 unspecified atom stereocenters. The lowest BCUT2D eigenvalue weighted by Gasteiger charge is -2.29. The maximum Gasteiger partial charge on any atom is 0.258 e. The first-order chi connectivity index (χ1) is 14.5. The van der Waals surface area contributed by atoms with Crippen LogP contribution < -0.4 is 11.3 Å². The van der Waals surface area contributed by atoms with E-state index in [9.17, 15) is 14.0 Å². The van der Waals surface area contributed by atoms with E-state index in [1.54, 1.807) is 29.2 Å². The zero-order valence-corrected chi connectivity index (χ0v) is 17.2. The van der Waals surface area contributed by atoms with Crippen molar-refractivity contribution in [2.24, 2.45) is 0 Å². The van der Waals surface area contributed by atoms with Gasteiger partial charge in [0.05, 0.1) is 23.5 Å². The van der Waals surface area contributed by atoms with Gasteiger partial charge in [-0.15, -0.1) is 0 Å². The number of benzene rings is 2. The molecule has 0 radical (unpaired) electrons. The molecule has 1 amide bonds. The Kier molecular flexibility index (Phi) is 7.30. The molecule has 1 aromatic heterocycles. The Morgan fingerprint density at radius 1 is 1.13 bits per heavy atom. The van der Waals surface area contributed by atoms with Gasteiger partial charge in [0.25, 0.3) is 11.5 Å². The third kappa shape index (κ3) is 5.10. The van der Waals surface area contributed by atoms with E-state index in [0.717, 1.165) is 32.2 Å². The first-order valence-corrected chi connectivity index (χ1v) is 10.4. The summed E-state index contributed by atoms with van der Waals surface area (Å²) < 4.78 is 13.7. The van der Waals surface area contributed by atoms with Crippen LogP contribution in [-0.4, -0.2) is 33.9 Å². The van der Waals surface area contributed by atoms with Gasteiger partial charge >= 0.3 is 0 Å². The lowest BCUT2D eigenvalue weighted by atomic mass is 10.1. The van der Waals surface area contributed by atoms with E-state index in [-0.39, 0.29) is 17.0 Å². The molecular formula is C23H28FN4O2+. The fourth-order valence-electron chi connectivity index (χ4n) is 3.52. The molecule has 0 aliphatic rings. The molecule has 0 aliphatic carbocycles. The summed E-state index contributed by atoms with van der Waals surface area (Å²) in [6.07, 6.45) is 3.87. The number of hydrogen-bond donors (Lipinski definition) is 2. The number of aromatic nitrogens is 2. The van der Waals surface area contributed by atoms with Crippen molar-refractivity contribution in [1.82, 2.24) is 14.9 Å². The summed E-state index contributed by atoms with van der Waals surface area (Å²) in [5.41, 5.74) is 4.47. The predicted octanol–water partition coefficient (Wildman–Crippen LogP) is 3.07. The molecule has 6 nitrogen and oxygen atoms in total. The van der Waals surface area contributed by atoms with Gasteiger partial charge in [-0.05, 0) is 56.5 Å². The lowest BCUT2D eigenvalue weighted by molar-refractivity contribution is -0.368. The molecule has 0 saturated carbocycles. The Labute approximate surface area is 174 Å². The molecule has 0 saturated heterocycles. The molecule has 0 spiro atoms. The number of nitrogens with one attached hydrogen (secondary N) is 1. The Hall–Kier alpha value is -3.06. The van der Waals surface area contributed by atoms with Crippen LogP contribution in [0.1, 0.15) is 54.8 Å². The second kappa shape index (κ2) is 10.1. The van der Waals surface area contributed by atoms with E-state index in [1.807, 2.05) is 13.0 Å². The van der Waals surface area contributed by atoms with Gasteiger partial charge in [-0.2, -0.15) is 0 Å². The van der Waals surface area contributed by atoms with Gasteiger partial charge in [-0.1, -0.05) is 24.6 Å². The van der Waals surface area contributed by atoms with Crippen molar-refractivity contribution >= 4 is 16.8 Å². The number of carbonyl (C=O) groups excluding carboxylic acids is 1. The van der Waals surface area contributed by atoms with E-state index in [1.165, 1.54) is 18.2 Å². The van der Waals surface area contributed by atoms with Crippen LogP contribution in [0.2, 0.25) is 0 Å². The first-order valence-electron chi connectivity index (χ1n) is 10.4. The average molecular weight is 412 g/mol.